The Balaban J connectivity index is 0.000000561. The van der Waals surface area contributed by atoms with Crippen molar-refractivity contribution in [3.05, 3.63) is 0 Å². The number of carbonyl (C=O) groups excluding carboxylic acids is 1. The van der Waals surface area contributed by atoms with Gasteiger partial charge in [-0.1, -0.05) is 19.3 Å². The maximum atomic E-state index is 10.9. The highest BCUT2D eigenvalue weighted by atomic mass is 16.5. The van der Waals surface area contributed by atoms with E-state index in [1.54, 1.807) is 0 Å². The second kappa shape index (κ2) is 7.10. The molecule has 0 aromatic carbocycles. The van der Waals surface area contributed by atoms with Gasteiger partial charge < -0.3 is 9.84 Å². The third-order valence-corrected chi connectivity index (χ3v) is 2.14. The molecule has 0 unspecified atom stereocenters. The third-order valence-electron chi connectivity index (χ3n) is 2.14. The average molecular weight is 174 g/mol. The lowest BCUT2D eigenvalue weighted by molar-refractivity contribution is -0.146. The molecule has 1 fully saturated rings. The number of methoxy groups -OCH3 is 1. The van der Waals surface area contributed by atoms with Gasteiger partial charge in [-0.2, -0.15) is 0 Å². The van der Waals surface area contributed by atoms with Gasteiger partial charge in [0.25, 0.3) is 0 Å². The molecule has 0 bridgehead atoms. The summed E-state index contributed by atoms with van der Waals surface area (Å²) in [6.07, 6.45) is 5.74. The number of rotatable bonds is 1. The van der Waals surface area contributed by atoms with Gasteiger partial charge in [-0.25, -0.2) is 0 Å². The molecule has 1 aliphatic carbocycles. The predicted octanol–water partition coefficient (Wildman–Crippen LogP) is 1.35. The summed E-state index contributed by atoms with van der Waals surface area (Å²) in [4.78, 5) is 10.9. The Kier molecular flexibility index (Phi) is 6.76. The van der Waals surface area contributed by atoms with Crippen LogP contribution >= 0.6 is 0 Å². The summed E-state index contributed by atoms with van der Waals surface area (Å²) in [7, 11) is 2.47. The fourth-order valence-electron chi connectivity index (χ4n) is 1.50. The van der Waals surface area contributed by atoms with Crippen molar-refractivity contribution in [3.8, 4) is 0 Å². The number of ether oxygens (including phenoxy) is 1. The molecule has 72 valence electrons. The van der Waals surface area contributed by atoms with Gasteiger partial charge in [0, 0.05) is 7.11 Å². The van der Waals surface area contributed by atoms with Crippen LogP contribution in [0.1, 0.15) is 32.1 Å². The average Bonchev–Trinajstić information content (AvgIpc) is 2.21. The van der Waals surface area contributed by atoms with E-state index >= 15 is 0 Å². The van der Waals surface area contributed by atoms with E-state index in [4.69, 9.17) is 5.11 Å². The van der Waals surface area contributed by atoms with Crippen molar-refractivity contribution in [1.82, 2.24) is 0 Å². The normalized spacial score (nSPS) is 17.6. The molecule has 0 heterocycles. The van der Waals surface area contributed by atoms with Crippen molar-refractivity contribution in [2.75, 3.05) is 14.2 Å². The van der Waals surface area contributed by atoms with Crippen LogP contribution in [-0.4, -0.2) is 25.3 Å². The summed E-state index contributed by atoms with van der Waals surface area (Å²) in [5, 5.41) is 7.00. The number of esters is 1. The molecule has 0 saturated heterocycles. The second-order valence-electron chi connectivity index (χ2n) is 2.86. The Bertz CT molecular complexity index is 117. The van der Waals surface area contributed by atoms with Gasteiger partial charge in [0.1, 0.15) is 0 Å². The van der Waals surface area contributed by atoms with Crippen molar-refractivity contribution in [1.29, 1.82) is 0 Å². The Morgan fingerprint density at radius 1 is 1.25 bits per heavy atom. The number of aliphatic hydroxyl groups is 1. The van der Waals surface area contributed by atoms with E-state index < -0.39 is 0 Å². The fraction of sp³-hybridized carbons (Fsp3) is 0.889. The lowest BCUT2D eigenvalue weighted by Crippen LogP contribution is -2.18. The molecule has 0 atom stereocenters. The van der Waals surface area contributed by atoms with Gasteiger partial charge in [0.15, 0.2) is 0 Å². The van der Waals surface area contributed by atoms with E-state index in [2.05, 4.69) is 4.74 Å². The molecule has 3 heteroatoms. The van der Waals surface area contributed by atoms with E-state index in [1.165, 1.54) is 26.4 Å². The first kappa shape index (κ1) is 11.4. The first-order chi connectivity index (χ1) is 5.84. The largest absolute Gasteiger partial charge is 0.469 e. The predicted molar refractivity (Wildman–Crippen MR) is 46.7 cm³/mol. The zero-order chi connectivity index (χ0) is 9.40. The van der Waals surface area contributed by atoms with Gasteiger partial charge in [0.2, 0.25) is 0 Å². The van der Waals surface area contributed by atoms with E-state index in [0.717, 1.165) is 20.0 Å². The number of aliphatic hydroxyl groups excluding tert-OH is 1. The first-order valence-corrected chi connectivity index (χ1v) is 4.37. The van der Waals surface area contributed by atoms with Crippen LogP contribution < -0.4 is 0 Å². The van der Waals surface area contributed by atoms with E-state index in [9.17, 15) is 4.79 Å². The minimum atomic E-state index is -0.0142. The van der Waals surface area contributed by atoms with Crippen molar-refractivity contribution in [3.63, 3.8) is 0 Å². The molecule has 0 radical (unpaired) electrons. The zero-order valence-corrected chi connectivity index (χ0v) is 7.88. The van der Waals surface area contributed by atoms with Gasteiger partial charge in [0.05, 0.1) is 13.0 Å². The summed E-state index contributed by atoms with van der Waals surface area (Å²) in [6, 6.07) is 0. The number of hydrogen-bond donors (Lipinski definition) is 1. The van der Waals surface area contributed by atoms with Crippen LogP contribution in [0.3, 0.4) is 0 Å². The van der Waals surface area contributed by atoms with Crippen molar-refractivity contribution >= 4 is 5.97 Å². The molecule has 0 spiro atoms. The van der Waals surface area contributed by atoms with Crippen molar-refractivity contribution in [2.24, 2.45) is 5.92 Å². The minimum Gasteiger partial charge on any atom is -0.469 e. The van der Waals surface area contributed by atoms with Crippen LogP contribution in [-0.2, 0) is 9.53 Å². The summed E-state index contributed by atoms with van der Waals surface area (Å²) in [6.45, 7) is 0. The Morgan fingerprint density at radius 2 is 1.75 bits per heavy atom. The SMILES string of the molecule is CO.COC(=O)C1CCCCC1. The summed E-state index contributed by atoms with van der Waals surface area (Å²) < 4.78 is 4.65. The highest BCUT2D eigenvalue weighted by Gasteiger charge is 2.20. The summed E-state index contributed by atoms with van der Waals surface area (Å²) >= 11 is 0. The maximum absolute atomic E-state index is 10.9. The Hall–Kier alpha value is -0.570. The minimum absolute atomic E-state index is 0.0142. The smallest absolute Gasteiger partial charge is 0.308 e. The molecule has 1 saturated carbocycles. The van der Waals surface area contributed by atoms with Crippen LogP contribution in [0.25, 0.3) is 0 Å². The maximum Gasteiger partial charge on any atom is 0.308 e. The number of carbonyl (C=O) groups is 1. The molecule has 0 amide bonds. The molecule has 0 aromatic rings. The third kappa shape index (κ3) is 3.72. The Morgan fingerprint density at radius 3 is 2.17 bits per heavy atom. The molecule has 1 rings (SSSR count). The molecular formula is C9H18O3. The van der Waals surface area contributed by atoms with Crippen LogP contribution in [0.2, 0.25) is 0 Å². The van der Waals surface area contributed by atoms with Crippen LogP contribution in [0, 0.1) is 5.92 Å². The van der Waals surface area contributed by atoms with Crippen LogP contribution in [0.15, 0.2) is 0 Å². The Labute approximate surface area is 73.7 Å². The lowest BCUT2D eigenvalue weighted by Gasteiger charge is -2.18. The fourth-order valence-corrected chi connectivity index (χ4v) is 1.50. The molecule has 1 aliphatic rings. The number of hydrogen-bond acceptors (Lipinski definition) is 3. The van der Waals surface area contributed by atoms with E-state index in [-0.39, 0.29) is 11.9 Å². The summed E-state index contributed by atoms with van der Waals surface area (Å²) in [5.41, 5.74) is 0. The molecule has 12 heavy (non-hydrogen) atoms. The molecular weight excluding hydrogens is 156 g/mol. The highest BCUT2D eigenvalue weighted by Crippen LogP contribution is 2.24. The lowest BCUT2D eigenvalue weighted by atomic mass is 9.89. The van der Waals surface area contributed by atoms with Crippen molar-refractivity contribution < 1.29 is 14.6 Å². The monoisotopic (exact) mass is 174 g/mol. The first-order valence-electron chi connectivity index (χ1n) is 4.37. The molecule has 3 nitrogen and oxygen atoms in total. The highest BCUT2D eigenvalue weighted by molar-refractivity contribution is 5.72. The van der Waals surface area contributed by atoms with E-state index in [1.807, 2.05) is 0 Å². The molecule has 1 N–H and O–H groups in total. The van der Waals surface area contributed by atoms with Crippen LogP contribution in [0.5, 0.6) is 0 Å². The zero-order valence-electron chi connectivity index (χ0n) is 7.88. The van der Waals surface area contributed by atoms with Crippen molar-refractivity contribution in [2.45, 2.75) is 32.1 Å². The summed E-state index contributed by atoms with van der Waals surface area (Å²) in [5.74, 6) is 0.193. The van der Waals surface area contributed by atoms with Gasteiger partial charge >= 0.3 is 5.97 Å². The van der Waals surface area contributed by atoms with E-state index in [0.29, 0.717) is 0 Å². The topological polar surface area (TPSA) is 46.5 Å². The van der Waals surface area contributed by atoms with Crippen LogP contribution in [0.4, 0.5) is 0 Å². The second-order valence-corrected chi connectivity index (χ2v) is 2.86. The molecule has 0 aromatic heterocycles. The standard InChI is InChI=1S/C8H14O2.CH4O/c1-10-8(9)7-5-3-2-4-6-7;1-2/h7H,2-6H2,1H3;2H,1H3. The molecule has 0 aliphatic heterocycles. The van der Waals surface area contributed by atoms with Gasteiger partial charge in [-0.15, -0.1) is 0 Å². The quantitative estimate of drug-likeness (QED) is 0.610. The van der Waals surface area contributed by atoms with Gasteiger partial charge in [-0.05, 0) is 12.8 Å². The van der Waals surface area contributed by atoms with Gasteiger partial charge in [-0.3, -0.25) is 4.79 Å².